The summed E-state index contributed by atoms with van der Waals surface area (Å²) < 4.78 is 38.7. The number of hydrogen-bond donors (Lipinski definition) is 6. The van der Waals surface area contributed by atoms with E-state index < -0.39 is 11.7 Å². The van der Waals surface area contributed by atoms with Crippen molar-refractivity contribution < 1.29 is 22.8 Å². The topological polar surface area (TPSA) is 191 Å². The number of aromatic amines is 2. The third kappa shape index (κ3) is 14.5. The molecule has 2 aliphatic carbocycles. The van der Waals surface area contributed by atoms with Crippen molar-refractivity contribution in [2.75, 3.05) is 21.3 Å². The molecule has 17 heteroatoms. The highest BCUT2D eigenvalue weighted by atomic mass is 19.4. The van der Waals surface area contributed by atoms with Crippen molar-refractivity contribution in [3.8, 4) is 0 Å². The molecule has 2 saturated carbocycles. The summed E-state index contributed by atoms with van der Waals surface area (Å²) in [5.74, 6) is 4.79. The van der Waals surface area contributed by atoms with Gasteiger partial charge in [0.2, 0.25) is 11.9 Å². The number of carbonyl (C=O) groups is 2. The van der Waals surface area contributed by atoms with Crippen LogP contribution in [0, 0.1) is 6.92 Å². The summed E-state index contributed by atoms with van der Waals surface area (Å²) in [5.41, 5.74) is 7.51. The average Bonchev–Trinajstić information content (AvgIpc) is 4.23. The second-order valence-corrected chi connectivity index (χ2v) is 18.8. The first kappa shape index (κ1) is 49.8. The lowest BCUT2D eigenvalue weighted by Gasteiger charge is -2.09. The number of carbonyl (C=O) groups excluding carboxylic acids is 2. The summed E-state index contributed by atoms with van der Waals surface area (Å²) in [4.78, 5) is 42.6. The molecule has 4 heterocycles. The molecule has 4 aromatic heterocycles. The Hall–Kier alpha value is -8.21. The van der Waals surface area contributed by atoms with Crippen LogP contribution < -0.4 is 21.3 Å². The fourth-order valence-electron chi connectivity index (χ4n) is 9.32. The summed E-state index contributed by atoms with van der Waals surface area (Å²) >= 11 is 0. The van der Waals surface area contributed by atoms with Crippen molar-refractivity contribution in [1.29, 1.82) is 0 Å². The van der Waals surface area contributed by atoms with E-state index in [-0.39, 0.29) is 24.4 Å². The molecule has 0 spiro atoms. The second kappa shape index (κ2) is 23.3. The maximum absolute atomic E-state index is 12.9. The van der Waals surface area contributed by atoms with Gasteiger partial charge in [0.1, 0.15) is 23.2 Å². The number of alkyl halides is 3. The molecule has 0 amide bonds. The number of benzene rings is 4. The molecule has 14 nitrogen and oxygen atoms in total. The van der Waals surface area contributed by atoms with Gasteiger partial charge in [-0.3, -0.25) is 19.8 Å². The molecule has 0 saturated heterocycles. The molecule has 6 N–H and O–H groups in total. The van der Waals surface area contributed by atoms with Gasteiger partial charge in [-0.05, 0) is 97.3 Å². The van der Waals surface area contributed by atoms with E-state index in [0.717, 1.165) is 51.7 Å². The number of anilines is 8. The van der Waals surface area contributed by atoms with Crippen LogP contribution in [0.1, 0.15) is 108 Å². The molecule has 4 aromatic carbocycles. The van der Waals surface area contributed by atoms with Crippen LogP contribution in [0.25, 0.3) is 0 Å². The van der Waals surface area contributed by atoms with Crippen LogP contribution >= 0.6 is 0 Å². The van der Waals surface area contributed by atoms with E-state index in [9.17, 15) is 22.8 Å². The SMILES string of the molecule is Cc1cccc(CC(=O)Cc2ccc(Nc3nccc(Nc4cc(C5CCCC5)[nH]n4)n3)cc2)c1.O=C(Cc1ccc(Nc2nccc(Nc3cc(C4CCCC4)[nH]n3)n2)cc1)Cc1cccc(C(F)(F)F)c1. The van der Waals surface area contributed by atoms with Crippen LogP contribution in [0.5, 0.6) is 0 Å². The molecule has 10 rings (SSSR count). The minimum atomic E-state index is -4.43. The quantitative estimate of drug-likeness (QED) is 0.0478. The van der Waals surface area contributed by atoms with Crippen molar-refractivity contribution in [3.63, 3.8) is 0 Å². The normalized spacial score (nSPS) is 13.8. The minimum Gasteiger partial charge on any atom is -0.324 e. The summed E-state index contributed by atoms with van der Waals surface area (Å²) in [6.45, 7) is 2.04. The molecule has 0 bridgehead atoms. The first-order chi connectivity index (χ1) is 35.4. The van der Waals surface area contributed by atoms with Crippen molar-refractivity contribution in [1.82, 2.24) is 40.3 Å². The Labute approximate surface area is 421 Å². The number of hydrogen-bond acceptors (Lipinski definition) is 12. The van der Waals surface area contributed by atoms with Crippen LogP contribution in [0.3, 0.4) is 0 Å². The van der Waals surface area contributed by atoms with E-state index in [0.29, 0.717) is 59.6 Å². The van der Waals surface area contributed by atoms with E-state index in [1.54, 1.807) is 42.7 Å². The number of rotatable bonds is 18. The summed E-state index contributed by atoms with van der Waals surface area (Å²) in [5, 5.41) is 27.9. The number of H-pyrrole nitrogens is 2. The van der Waals surface area contributed by atoms with Crippen LogP contribution in [0.4, 0.5) is 59.7 Å². The molecule has 0 unspecified atom stereocenters. The number of ketones is 2. The molecular formula is C56H57F3N12O2. The van der Waals surface area contributed by atoms with Crippen molar-refractivity contribution >= 4 is 58.1 Å². The lowest BCUT2D eigenvalue weighted by molar-refractivity contribution is -0.137. The number of halogens is 3. The zero-order valence-corrected chi connectivity index (χ0v) is 40.5. The number of Topliss-reactive ketones (excluding diaryl/α,β-unsaturated/α-hetero) is 2. The van der Waals surface area contributed by atoms with Gasteiger partial charge >= 0.3 is 6.18 Å². The summed E-state index contributed by atoms with van der Waals surface area (Å²) in [6, 6.07) is 35.7. The predicted octanol–water partition coefficient (Wildman–Crippen LogP) is 12.7. The Bertz CT molecular complexity index is 3110. The first-order valence-electron chi connectivity index (χ1n) is 24.7. The average molecular weight is 987 g/mol. The van der Waals surface area contributed by atoms with Crippen molar-refractivity contribution in [3.05, 3.63) is 178 Å². The lowest BCUT2D eigenvalue weighted by atomic mass is 10.0. The highest BCUT2D eigenvalue weighted by Crippen LogP contribution is 2.35. The third-order valence-corrected chi connectivity index (χ3v) is 13.0. The minimum absolute atomic E-state index is 0.0598. The van der Waals surface area contributed by atoms with Crippen molar-refractivity contribution in [2.45, 2.75) is 102 Å². The van der Waals surface area contributed by atoms with Crippen LogP contribution in [0.2, 0.25) is 0 Å². The van der Waals surface area contributed by atoms with Gasteiger partial charge in [-0.2, -0.15) is 33.3 Å². The summed E-state index contributed by atoms with van der Waals surface area (Å²) in [6.07, 6.45) is 9.76. The van der Waals surface area contributed by atoms with Crippen LogP contribution in [-0.4, -0.2) is 51.9 Å². The second-order valence-electron chi connectivity index (χ2n) is 18.8. The molecule has 0 atom stereocenters. The zero-order valence-electron chi connectivity index (χ0n) is 40.5. The monoisotopic (exact) mass is 986 g/mol. The van der Waals surface area contributed by atoms with Gasteiger partial charge in [0, 0.05) is 84.8 Å². The van der Waals surface area contributed by atoms with Crippen LogP contribution in [-0.2, 0) is 41.4 Å². The number of aryl methyl sites for hydroxylation is 1. The third-order valence-electron chi connectivity index (χ3n) is 13.0. The van der Waals surface area contributed by atoms with E-state index in [1.165, 1.54) is 74.8 Å². The van der Waals surface area contributed by atoms with Gasteiger partial charge in [0.15, 0.2) is 11.6 Å². The molecule has 73 heavy (non-hydrogen) atoms. The van der Waals surface area contributed by atoms with E-state index >= 15 is 0 Å². The molecular weight excluding hydrogens is 930 g/mol. The molecule has 0 radical (unpaired) electrons. The first-order valence-corrected chi connectivity index (χ1v) is 24.7. The van der Waals surface area contributed by atoms with Gasteiger partial charge in [-0.25, -0.2) is 9.97 Å². The van der Waals surface area contributed by atoms with Crippen molar-refractivity contribution in [2.24, 2.45) is 0 Å². The van der Waals surface area contributed by atoms with E-state index in [1.807, 2.05) is 61.5 Å². The Morgan fingerprint density at radius 2 is 0.959 bits per heavy atom. The fourth-order valence-corrected chi connectivity index (χ4v) is 9.32. The van der Waals surface area contributed by atoms with Gasteiger partial charge in [0.25, 0.3) is 0 Å². The highest BCUT2D eigenvalue weighted by Gasteiger charge is 2.30. The maximum atomic E-state index is 12.9. The van der Waals surface area contributed by atoms with Crippen LogP contribution in [0.15, 0.2) is 134 Å². The molecule has 374 valence electrons. The van der Waals surface area contributed by atoms with Gasteiger partial charge in [0.05, 0.1) is 5.56 Å². The Balaban J connectivity index is 0.000000180. The number of nitrogens with one attached hydrogen (secondary N) is 6. The highest BCUT2D eigenvalue weighted by molar-refractivity contribution is 5.84. The van der Waals surface area contributed by atoms with E-state index in [2.05, 4.69) is 73.7 Å². The zero-order chi connectivity index (χ0) is 50.6. The molecule has 8 aromatic rings. The van der Waals surface area contributed by atoms with Gasteiger partial charge in [-0.1, -0.05) is 98.0 Å². The number of aromatic nitrogens is 8. The molecule has 2 fully saturated rings. The Kier molecular flexibility index (Phi) is 15.9. The van der Waals surface area contributed by atoms with Gasteiger partial charge < -0.3 is 21.3 Å². The number of nitrogens with zero attached hydrogens (tertiary/aromatic N) is 6. The molecule has 2 aliphatic rings. The summed E-state index contributed by atoms with van der Waals surface area (Å²) in [7, 11) is 0. The standard InChI is InChI=1S/C28H27F3N6O.C28H30N6O/c29-28(30,31)21-7-3-4-19(14-21)16-23(38)15-18-8-10-22(11-9-18)33-27-32-13-12-25(35-27)34-26-17-24(36-37-26)20-5-1-2-6-20;1-19-5-4-6-21(15-19)17-24(35)16-20-9-11-23(12-10-20)30-28-29-14-13-26(32-28)31-27-18-25(33-34-27)22-7-2-3-8-22/h3-4,7-14,17,20H,1-2,5-6,15-16H2,(H3,32,33,34,35,36,37);4-6,9-15,18,22H,2-3,7-8,16-17H2,1H3,(H3,29,30,31,32,33,34). The van der Waals surface area contributed by atoms with E-state index in [4.69, 9.17) is 0 Å². The Morgan fingerprint density at radius 1 is 0.521 bits per heavy atom. The predicted molar refractivity (Wildman–Crippen MR) is 277 cm³/mol. The van der Waals surface area contributed by atoms with Gasteiger partial charge in [-0.15, -0.1) is 0 Å². The maximum Gasteiger partial charge on any atom is 0.416 e. The smallest absolute Gasteiger partial charge is 0.324 e. The lowest BCUT2D eigenvalue weighted by Crippen LogP contribution is -2.09. The Morgan fingerprint density at radius 3 is 1.41 bits per heavy atom. The fraction of sp³-hybridized carbons (Fsp3) is 0.286. The largest absolute Gasteiger partial charge is 0.416 e. The molecule has 0 aliphatic heterocycles.